The van der Waals surface area contributed by atoms with Crippen LogP contribution >= 0.6 is 0 Å². The number of aromatic nitrogens is 6. The number of piperidine rings is 3. The summed E-state index contributed by atoms with van der Waals surface area (Å²) in [6, 6.07) is 12.4. The number of nitriles is 1. The lowest BCUT2D eigenvalue weighted by molar-refractivity contribution is -0.134. The van der Waals surface area contributed by atoms with Crippen molar-refractivity contribution in [2.24, 2.45) is 5.92 Å². The molecule has 1 aromatic carbocycles. The Morgan fingerprint density at radius 2 is 1.82 bits per heavy atom. The molecule has 51 heavy (non-hydrogen) atoms. The third-order valence-electron chi connectivity index (χ3n) is 10.8. The molecule has 13 nitrogen and oxygen atoms in total. The minimum Gasteiger partial charge on any atom is -0.381 e. The highest BCUT2D eigenvalue weighted by Gasteiger charge is 2.30. The molecule has 8 rings (SSSR count). The summed E-state index contributed by atoms with van der Waals surface area (Å²) >= 11 is 0. The van der Waals surface area contributed by atoms with Gasteiger partial charge in [0.1, 0.15) is 11.5 Å². The van der Waals surface area contributed by atoms with Gasteiger partial charge < -0.3 is 20.1 Å². The van der Waals surface area contributed by atoms with Crippen LogP contribution in [-0.2, 0) is 9.59 Å². The van der Waals surface area contributed by atoms with Crippen molar-refractivity contribution in [2.75, 3.05) is 42.9 Å². The number of nitrogens with zero attached hydrogens (tertiary/aromatic N) is 8. The molecule has 0 saturated carbocycles. The molecule has 2 amide bonds. The average molecular weight is 686 g/mol. The summed E-state index contributed by atoms with van der Waals surface area (Å²) in [5.41, 5.74) is 6.77. The molecular weight excluding hydrogens is 642 g/mol. The van der Waals surface area contributed by atoms with Crippen LogP contribution in [0, 0.1) is 17.2 Å². The number of pyridine rings is 2. The van der Waals surface area contributed by atoms with Crippen LogP contribution in [0.25, 0.3) is 33.2 Å². The lowest BCUT2D eigenvalue weighted by Gasteiger charge is -2.38. The Bertz CT molecular complexity index is 2110. The molecule has 5 aromatic rings. The summed E-state index contributed by atoms with van der Waals surface area (Å²) in [6.45, 7) is 9.36. The maximum Gasteiger partial charge on any atom is 0.234 e. The van der Waals surface area contributed by atoms with E-state index in [-0.39, 0.29) is 23.8 Å². The summed E-state index contributed by atoms with van der Waals surface area (Å²) in [5.74, 6) is 0.892. The van der Waals surface area contributed by atoms with Gasteiger partial charge in [0.25, 0.3) is 0 Å². The van der Waals surface area contributed by atoms with Gasteiger partial charge in [0.15, 0.2) is 0 Å². The number of amides is 2. The molecule has 0 radical (unpaired) electrons. The zero-order valence-corrected chi connectivity index (χ0v) is 29.1. The zero-order valence-electron chi connectivity index (χ0n) is 29.1. The topological polar surface area (TPSA) is 161 Å². The number of anilines is 2. The van der Waals surface area contributed by atoms with Gasteiger partial charge in [-0.15, -0.1) is 5.10 Å². The molecule has 3 fully saturated rings. The predicted molar refractivity (Wildman–Crippen MR) is 195 cm³/mol. The van der Waals surface area contributed by atoms with E-state index >= 15 is 0 Å². The van der Waals surface area contributed by atoms with Gasteiger partial charge in [-0.3, -0.25) is 19.9 Å². The molecule has 4 aromatic heterocycles. The van der Waals surface area contributed by atoms with Crippen molar-refractivity contribution in [3.8, 4) is 17.3 Å². The number of nitrogens with one attached hydrogen (secondary N) is 3. The van der Waals surface area contributed by atoms with Crippen molar-refractivity contribution in [1.82, 2.24) is 40.2 Å². The second-order valence-corrected chi connectivity index (χ2v) is 14.6. The Balaban J connectivity index is 0.867. The second kappa shape index (κ2) is 13.8. The zero-order chi connectivity index (χ0) is 35.1. The fourth-order valence-electron chi connectivity index (χ4n) is 7.99. The molecule has 1 atom stereocenters. The summed E-state index contributed by atoms with van der Waals surface area (Å²) in [5, 5.41) is 25.7. The third-order valence-corrected chi connectivity index (χ3v) is 10.8. The summed E-state index contributed by atoms with van der Waals surface area (Å²) in [7, 11) is 0. The van der Waals surface area contributed by atoms with Crippen LogP contribution in [0.4, 0.5) is 11.5 Å². The lowest BCUT2D eigenvalue weighted by atomic mass is 9.91. The molecule has 3 aliphatic heterocycles. The summed E-state index contributed by atoms with van der Waals surface area (Å²) in [6.07, 6.45) is 11.0. The first-order valence-electron chi connectivity index (χ1n) is 18.1. The standard InChI is InChI=1S/C38H43N11O2/c1-23(2)42-36-30(20-41-35-29-5-3-25(18-39)17-31(29)43-37(35)36)32-22-49(46-45-32)27-11-13-47(14-12-27)21-24-9-15-48(16-10-24)33-7-4-26(19-40-33)28-6-8-34(50)44-38(28)51/h3-5,7,17,19-20,22-24,27-28,43H,6,8-16,21H2,1-2H3,(H,41,42)(H,44,50,51). The number of hydrogen-bond donors (Lipinski definition) is 3. The molecule has 7 heterocycles. The minimum atomic E-state index is -0.301. The highest BCUT2D eigenvalue weighted by Crippen LogP contribution is 2.37. The summed E-state index contributed by atoms with van der Waals surface area (Å²) in [4.78, 5) is 41.8. The van der Waals surface area contributed by atoms with E-state index in [9.17, 15) is 14.9 Å². The quantitative estimate of drug-likeness (QED) is 0.187. The van der Waals surface area contributed by atoms with Crippen LogP contribution in [0.2, 0.25) is 0 Å². The largest absolute Gasteiger partial charge is 0.381 e. The van der Waals surface area contributed by atoms with Crippen LogP contribution in [-0.4, -0.2) is 85.4 Å². The number of H-pyrrole nitrogens is 1. The molecule has 3 N–H and O–H groups in total. The SMILES string of the molecule is CC(C)Nc1c(-c2cn(C3CCN(CC4CCN(c5ccc(C6CCC(=O)NC6=O)cn5)CC4)CC3)nn2)cnc2c1[nH]c1cc(C#N)ccc12. The Hall–Kier alpha value is -5.35. The first-order chi connectivity index (χ1) is 24.8. The van der Waals surface area contributed by atoms with Gasteiger partial charge in [-0.25, -0.2) is 9.67 Å². The van der Waals surface area contributed by atoms with E-state index in [0.29, 0.717) is 30.4 Å². The van der Waals surface area contributed by atoms with E-state index in [4.69, 9.17) is 9.97 Å². The number of rotatable bonds is 8. The van der Waals surface area contributed by atoms with Gasteiger partial charge >= 0.3 is 0 Å². The lowest BCUT2D eigenvalue weighted by Crippen LogP contribution is -2.42. The first kappa shape index (κ1) is 32.8. The van der Waals surface area contributed by atoms with Crippen molar-refractivity contribution < 1.29 is 9.59 Å². The van der Waals surface area contributed by atoms with Crippen molar-refractivity contribution in [1.29, 1.82) is 5.26 Å². The van der Waals surface area contributed by atoms with Gasteiger partial charge in [-0.1, -0.05) is 11.3 Å². The molecular formula is C38H43N11O2. The number of carbonyl (C=O) groups is 2. The fourth-order valence-corrected chi connectivity index (χ4v) is 7.99. The maximum absolute atomic E-state index is 12.3. The number of hydrogen-bond acceptors (Lipinski definition) is 10. The van der Waals surface area contributed by atoms with E-state index in [1.165, 1.54) is 0 Å². The molecule has 262 valence electrons. The predicted octanol–water partition coefficient (Wildman–Crippen LogP) is 5.14. The van der Waals surface area contributed by atoms with Crippen LogP contribution in [0.5, 0.6) is 0 Å². The maximum atomic E-state index is 12.3. The van der Waals surface area contributed by atoms with Gasteiger partial charge in [-0.05, 0) is 81.7 Å². The Morgan fingerprint density at radius 3 is 2.55 bits per heavy atom. The third kappa shape index (κ3) is 6.63. The van der Waals surface area contributed by atoms with Crippen molar-refractivity contribution >= 4 is 45.3 Å². The van der Waals surface area contributed by atoms with Crippen molar-refractivity contribution in [2.45, 2.75) is 70.4 Å². The van der Waals surface area contributed by atoms with Crippen LogP contribution < -0.4 is 15.5 Å². The van der Waals surface area contributed by atoms with Crippen molar-refractivity contribution in [3.05, 3.63) is 60.0 Å². The molecule has 13 heteroatoms. The van der Waals surface area contributed by atoms with E-state index in [1.54, 1.807) is 6.20 Å². The molecule has 1 unspecified atom stereocenters. The Morgan fingerprint density at radius 1 is 1.00 bits per heavy atom. The van der Waals surface area contributed by atoms with Crippen LogP contribution in [0.15, 0.2) is 48.9 Å². The number of fused-ring (bicyclic) bond motifs is 3. The monoisotopic (exact) mass is 685 g/mol. The average Bonchev–Trinajstić information content (AvgIpc) is 3.78. The van der Waals surface area contributed by atoms with Gasteiger partial charge in [0, 0.05) is 74.0 Å². The second-order valence-electron chi connectivity index (χ2n) is 14.6. The Labute approximate surface area is 296 Å². The Kier molecular flexibility index (Phi) is 8.85. The van der Waals surface area contributed by atoms with Gasteiger partial charge in [-0.2, -0.15) is 5.26 Å². The van der Waals surface area contributed by atoms with Crippen LogP contribution in [0.3, 0.4) is 0 Å². The highest BCUT2D eigenvalue weighted by molar-refractivity contribution is 6.11. The molecule has 0 spiro atoms. The number of aromatic amines is 1. The highest BCUT2D eigenvalue weighted by atomic mass is 16.2. The van der Waals surface area contributed by atoms with E-state index in [2.05, 4.69) is 61.8 Å². The normalized spacial score (nSPS) is 19.6. The van der Waals surface area contributed by atoms with Crippen LogP contribution in [0.1, 0.15) is 75.5 Å². The molecule has 3 saturated heterocycles. The number of imide groups is 1. The van der Waals surface area contributed by atoms with Crippen molar-refractivity contribution in [3.63, 3.8) is 0 Å². The number of carbonyl (C=O) groups excluding carboxylic acids is 2. The molecule has 0 aliphatic carbocycles. The first-order valence-corrected chi connectivity index (χ1v) is 18.1. The van der Waals surface area contributed by atoms with E-state index in [1.807, 2.05) is 41.2 Å². The minimum absolute atomic E-state index is 0.192. The smallest absolute Gasteiger partial charge is 0.234 e. The molecule has 0 bridgehead atoms. The summed E-state index contributed by atoms with van der Waals surface area (Å²) < 4.78 is 2.04. The van der Waals surface area contributed by atoms with Gasteiger partial charge in [0.05, 0.1) is 46.5 Å². The number of likely N-dealkylation sites (tertiary alicyclic amines) is 1. The van der Waals surface area contributed by atoms with E-state index < -0.39 is 0 Å². The fraction of sp³-hybridized carbons (Fsp3) is 0.447. The number of benzene rings is 1. The molecule has 3 aliphatic rings. The van der Waals surface area contributed by atoms with Gasteiger partial charge in [0.2, 0.25) is 11.8 Å². The van der Waals surface area contributed by atoms with E-state index in [0.717, 1.165) is 109 Å².